The van der Waals surface area contributed by atoms with Crippen molar-refractivity contribution in [2.45, 2.75) is 37.0 Å². The van der Waals surface area contributed by atoms with Crippen molar-refractivity contribution in [2.75, 3.05) is 30.8 Å². The Morgan fingerprint density at radius 3 is 2.69 bits per heavy atom. The molecule has 0 bridgehead atoms. The summed E-state index contributed by atoms with van der Waals surface area (Å²) in [6, 6.07) is 12.5. The van der Waals surface area contributed by atoms with Crippen LogP contribution in [0.3, 0.4) is 0 Å². The van der Waals surface area contributed by atoms with Gasteiger partial charge in [0.2, 0.25) is 5.91 Å². The van der Waals surface area contributed by atoms with E-state index in [1.54, 1.807) is 12.3 Å². The van der Waals surface area contributed by atoms with E-state index in [0.29, 0.717) is 29.1 Å². The third-order valence-corrected chi connectivity index (χ3v) is 8.69. The summed E-state index contributed by atoms with van der Waals surface area (Å²) in [6.07, 6.45) is 5.28. The van der Waals surface area contributed by atoms with Gasteiger partial charge in [0.25, 0.3) is 5.91 Å². The van der Waals surface area contributed by atoms with Crippen LogP contribution in [0.15, 0.2) is 66.0 Å². The zero-order valence-corrected chi connectivity index (χ0v) is 24.2. The lowest BCUT2D eigenvalue weighted by molar-refractivity contribution is -0.121. The first kappa shape index (κ1) is 27.7. The van der Waals surface area contributed by atoms with Crippen molar-refractivity contribution in [1.82, 2.24) is 35.5 Å². The van der Waals surface area contributed by atoms with Gasteiger partial charge in [-0.2, -0.15) is 0 Å². The van der Waals surface area contributed by atoms with Gasteiger partial charge >= 0.3 is 0 Å². The van der Waals surface area contributed by atoms with Gasteiger partial charge in [-0.1, -0.05) is 6.07 Å². The van der Waals surface area contributed by atoms with Gasteiger partial charge in [0.05, 0.1) is 45.3 Å². The van der Waals surface area contributed by atoms with Gasteiger partial charge in [-0.3, -0.25) is 24.5 Å². The molecule has 2 fully saturated rings. The fourth-order valence-electron chi connectivity index (χ4n) is 5.40. The highest BCUT2D eigenvalue weighted by molar-refractivity contribution is 7.90. The predicted molar refractivity (Wildman–Crippen MR) is 156 cm³/mol. The Kier molecular flexibility index (Phi) is 6.86. The van der Waals surface area contributed by atoms with Crippen LogP contribution >= 0.6 is 0 Å². The van der Waals surface area contributed by atoms with Crippen LogP contribution in [0.4, 0.5) is 5.82 Å². The first-order valence-electron chi connectivity index (χ1n) is 13.5. The maximum atomic E-state index is 12.6. The maximum Gasteiger partial charge on any atom is 0.253 e. The number of pyridine rings is 4. The molecule has 4 aromatic heterocycles. The quantitative estimate of drug-likeness (QED) is 0.342. The lowest BCUT2D eigenvalue weighted by Crippen LogP contribution is -2.57. The molecule has 1 atom stereocenters. The molecule has 4 aromatic rings. The van der Waals surface area contributed by atoms with E-state index in [2.05, 4.69) is 30.4 Å². The summed E-state index contributed by atoms with van der Waals surface area (Å²) in [4.78, 5) is 47.5. The van der Waals surface area contributed by atoms with Crippen molar-refractivity contribution in [2.24, 2.45) is 0 Å². The Hall–Kier alpha value is -4.49. The van der Waals surface area contributed by atoms with Crippen LogP contribution in [0.25, 0.3) is 22.3 Å². The van der Waals surface area contributed by atoms with Crippen LogP contribution in [0, 0.1) is 0 Å². The number of carbonyl (C=O) groups is 2. The Labute approximate surface area is 243 Å². The first-order chi connectivity index (χ1) is 20.0. The van der Waals surface area contributed by atoms with Gasteiger partial charge in [-0.05, 0) is 50.2 Å². The van der Waals surface area contributed by atoms with Crippen LogP contribution < -0.4 is 15.5 Å². The number of hydrogen-bond donors (Lipinski definition) is 2. The lowest BCUT2D eigenvalue weighted by atomic mass is 10.1. The van der Waals surface area contributed by atoms with Crippen molar-refractivity contribution in [1.29, 1.82) is 0 Å². The second-order valence-electron chi connectivity index (χ2n) is 11.0. The molecule has 6 rings (SSSR count). The highest BCUT2D eigenvalue weighted by Gasteiger charge is 2.47. The summed E-state index contributed by atoms with van der Waals surface area (Å²) in [5.74, 6) is 0.368. The van der Waals surface area contributed by atoms with Crippen LogP contribution in [0.1, 0.15) is 29.9 Å². The highest BCUT2D eigenvalue weighted by atomic mass is 32.2. The number of nitrogens with zero attached hydrogens (tertiary/aromatic N) is 6. The van der Waals surface area contributed by atoms with Crippen molar-refractivity contribution in [3.8, 4) is 11.4 Å². The maximum absolute atomic E-state index is 12.6. The standard InChI is InChI=1S/C29H30N8O4S/c1-29(2)35-28(39)25-17-36(9-10-37(25)29)26-6-4-5-22(34-26)23-8-7-18-14-31-20(12-24(18)33-23)15-32-27(38)19-11-21(16-30-13-19)42(3,40)41/h4-8,11-14,16,25H,9-10,15,17H2,1-3H3,(H,32,38)(H,35,39)/t25-/m1/s1. The molecule has 0 unspecified atom stereocenters. The lowest BCUT2D eigenvalue weighted by Gasteiger charge is -2.41. The van der Waals surface area contributed by atoms with Gasteiger partial charge in [0.1, 0.15) is 11.9 Å². The SMILES string of the molecule is CC1(C)NC(=O)[C@H]2CN(c3cccc(-c4ccc5cnc(CNC(=O)c6cncc(S(C)(=O)=O)c6)cc5n4)n3)CCN21. The first-order valence-corrected chi connectivity index (χ1v) is 15.4. The summed E-state index contributed by atoms with van der Waals surface area (Å²) in [5, 5.41) is 6.67. The van der Waals surface area contributed by atoms with E-state index in [0.717, 1.165) is 30.5 Å². The van der Waals surface area contributed by atoms with Crippen LogP contribution in [-0.2, 0) is 21.2 Å². The van der Waals surface area contributed by atoms with Crippen LogP contribution in [0.5, 0.6) is 0 Å². The number of fused-ring (bicyclic) bond motifs is 2. The molecule has 216 valence electrons. The minimum atomic E-state index is -3.49. The molecule has 0 spiro atoms. The second-order valence-corrected chi connectivity index (χ2v) is 13.0. The summed E-state index contributed by atoms with van der Waals surface area (Å²) < 4.78 is 23.6. The van der Waals surface area contributed by atoms with E-state index in [1.807, 2.05) is 44.2 Å². The zero-order valence-electron chi connectivity index (χ0n) is 23.4. The molecule has 2 N–H and O–H groups in total. The van der Waals surface area contributed by atoms with E-state index in [4.69, 9.17) is 9.97 Å². The third-order valence-electron chi connectivity index (χ3n) is 7.61. The van der Waals surface area contributed by atoms with Crippen LogP contribution in [0.2, 0.25) is 0 Å². The molecule has 42 heavy (non-hydrogen) atoms. The number of anilines is 1. The van der Waals surface area contributed by atoms with Gasteiger partial charge < -0.3 is 15.5 Å². The van der Waals surface area contributed by atoms with Crippen LogP contribution in [-0.4, -0.2) is 82.7 Å². The predicted octanol–water partition coefficient (Wildman–Crippen LogP) is 1.78. The monoisotopic (exact) mass is 586 g/mol. The smallest absolute Gasteiger partial charge is 0.253 e. The fraction of sp³-hybridized carbons (Fsp3) is 0.310. The summed E-state index contributed by atoms with van der Waals surface area (Å²) >= 11 is 0. The fourth-order valence-corrected chi connectivity index (χ4v) is 5.99. The Bertz CT molecular complexity index is 1830. The molecule has 13 heteroatoms. The summed E-state index contributed by atoms with van der Waals surface area (Å²) in [5.41, 5.74) is 2.47. The number of carbonyl (C=O) groups excluding carboxylic acids is 2. The van der Waals surface area contributed by atoms with Crippen molar-refractivity contribution >= 4 is 38.4 Å². The largest absolute Gasteiger partial charge is 0.353 e. The molecule has 0 aromatic carbocycles. The molecule has 2 aliphatic heterocycles. The highest BCUT2D eigenvalue weighted by Crippen LogP contribution is 2.29. The summed E-state index contributed by atoms with van der Waals surface area (Å²) in [6.45, 7) is 6.24. The van der Waals surface area contributed by atoms with Crippen molar-refractivity contribution in [3.05, 3.63) is 72.3 Å². The Morgan fingerprint density at radius 2 is 1.88 bits per heavy atom. The molecule has 2 saturated heterocycles. The molecular weight excluding hydrogens is 556 g/mol. The number of rotatable bonds is 6. The molecule has 2 aliphatic rings. The van der Waals surface area contributed by atoms with Gasteiger partial charge in [-0.25, -0.2) is 18.4 Å². The minimum Gasteiger partial charge on any atom is -0.353 e. The van der Waals surface area contributed by atoms with Gasteiger partial charge in [0, 0.05) is 49.9 Å². The van der Waals surface area contributed by atoms with E-state index in [-0.39, 0.29) is 34.6 Å². The summed E-state index contributed by atoms with van der Waals surface area (Å²) in [7, 11) is -3.49. The van der Waals surface area contributed by atoms with E-state index < -0.39 is 15.7 Å². The number of amides is 2. The van der Waals surface area contributed by atoms with Crippen molar-refractivity contribution in [3.63, 3.8) is 0 Å². The molecule has 2 amide bonds. The van der Waals surface area contributed by atoms with Crippen molar-refractivity contribution < 1.29 is 18.0 Å². The number of nitrogens with one attached hydrogen (secondary N) is 2. The van der Waals surface area contributed by atoms with Gasteiger partial charge in [-0.15, -0.1) is 0 Å². The molecule has 6 heterocycles. The number of piperazine rings is 1. The average Bonchev–Trinajstić information content (AvgIpc) is 3.22. The molecule has 0 radical (unpaired) electrons. The number of aromatic nitrogens is 4. The number of hydrogen-bond acceptors (Lipinski definition) is 10. The number of sulfone groups is 1. The van der Waals surface area contributed by atoms with E-state index in [1.165, 1.54) is 18.5 Å². The third kappa shape index (κ3) is 5.40. The Morgan fingerprint density at radius 1 is 1.07 bits per heavy atom. The normalized spacial score (nSPS) is 18.5. The van der Waals surface area contributed by atoms with Gasteiger partial charge in [0.15, 0.2) is 9.84 Å². The molecular formula is C29H30N8O4S. The zero-order chi connectivity index (χ0) is 29.6. The second kappa shape index (κ2) is 10.4. The topological polar surface area (TPSA) is 150 Å². The molecule has 0 saturated carbocycles. The minimum absolute atomic E-state index is 0.0244. The molecule has 0 aliphatic carbocycles. The molecule has 12 nitrogen and oxygen atoms in total. The average molecular weight is 587 g/mol. The van der Waals surface area contributed by atoms with E-state index in [9.17, 15) is 18.0 Å². The van der Waals surface area contributed by atoms with E-state index >= 15 is 0 Å². The Balaban J connectivity index is 1.18.